The van der Waals surface area contributed by atoms with Gasteiger partial charge in [-0.15, -0.1) is 0 Å². The van der Waals surface area contributed by atoms with Gasteiger partial charge in [0.05, 0.1) is 6.10 Å². The van der Waals surface area contributed by atoms with Gasteiger partial charge >= 0.3 is 0 Å². The highest BCUT2D eigenvalue weighted by Crippen LogP contribution is 2.20. The molecule has 2 heterocycles. The van der Waals surface area contributed by atoms with Crippen molar-refractivity contribution in [3.8, 4) is 0 Å². The van der Waals surface area contributed by atoms with Gasteiger partial charge in [0, 0.05) is 38.1 Å². The summed E-state index contributed by atoms with van der Waals surface area (Å²) in [5, 5.41) is 0. The lowest BCUT2D eigenvalue weighted by Gasteiger charge is -2.29. The maximum absolute atomic E-state index is 5.88. The Hall–Kier alpha value is -0.970. The summed E-state index contributed by atoms with van der Waals surface area (Å²) in [5.74, 6) is 0. The van der Waals surface area contributed by atoms with E-state index in [0.29, 0.717) is 12.6 Å². The van der Waals surface area contributed by atoms with Crippen LogP contribution in [0.15, 0.2) is 24.5 Å². The molecule has 0 bridgehead atoms. The molecule has 2 atom stereocenters. The molecule has 1 aliphatic heterocycles. The largest absolute Gasteiger partial charge is 0.377 e. The molecule has 0 aliphatic carbocycles. The van der Waals surface area contributed by atoms with Gasteiger partial charge in [-0.3, -0.25) is 9.88 Å². The second kappa shape index (κ2) is 6.10. The van der Waals surface area contributed by atoms with Crippen molar-refractivity contribution in [2.24, 2.45) is 5.73 Å². The van der Waals surface area contributed by atoms with Crippen LogP contribution in [0.1, 0.15) is 24.4 Å². The van der Waals surface area contributed by atoms with Crippen LogP contribution in [0.4, 0.5) is 0 Å². The van der Waals surface area contributed by atoms with Crippen LogP contribution in [-0.2, 0) is 4.74 Å². The van der Waals surface area contributed by atoms with Gasteiger partial charge in [0.25, 0.3) is 0 Å². The van der Waals surface area contributed by atoms with E-state index in [9.17, 15) is 0 Å². The minimum Gasteiger partial charge on any atom is -0.377 e. The molecular weight excluding hydrogens is 214 g/mol. The molecule has 0 radical (unpaired) electrons. The average Bonchev–Trinajstić information content (AvgIpc) is 2.84. The number of aromatic nitrogens is 1. The third-order valence-corrected chi connectivity index (χ3v) is 3.36. The fraction of sp³-hybridized carbons (Fsp3) is 0.615. The lowest BCUT2D eigenvalue weighted by Crippen LogP contribution is -2.36. The molecular formula is C13H21N3O. The molecule has 2 rings (SSSR count). The standard InChI is InChI=1S/C13H21N3O/c1-16(10-12-3-2-8-17-12)13(9-14)11-4-6-15-7-5-11/h4-7,12-13H,2-3,8-10,14H2,1H3. The topological polar surface area (TPSA) is 51.4 Å². The summed E-state index contributed by atoms with van der Waals surface area (Å²) < 4.78 is 5.66. The molecule has 4 nitrogen and oxygen atoms in total. The van der Waals surface area contributed by atoms with Crippen LogP contribution >= 0.6 is 0 Å². The Bertz CT molecular complexity index is 325. The predicted octanol–water partition coefficient (Wildman–Crippen LogP) is 1.19. The molecule has 0 aromatic carbocycles. The van der Waals surface area contributed by atoms with Crippen molar-refractivity contribution >= 4 is 0 Å². The summed E-state index contributed by atoms with van der Waals surface area (Å²) in [5.41, 5.74) is 7.10. The van der Waals surface area contributed by atoms with Crippen LogP contribution in [-0.4, -0.2) is 42.7 Å². The van der Waals surface area contributed by atoms with Crippen LogP contribution < -0.4 is 5.73 Å². The fourth-order valence-corrected chi connectivity index (χ4v) is 2.39. The van der Waals surface area contributed by atoms with E-state index in [1.165, 1.54) is 12.0 Å². The Morgan fingerprint density at radius 1 is 1.53 bits per heavy atom. The molecule has 0 amide bonds. The van der Waals surface area contributed by atoms with Crippen LogP contribution in [0.2, 0.25) is 0 Å². The quantitative estimate of drug-likeness (QED) is 0.833. The van der Waals surface area contributed by atoms with Crippen molar-refractivity contribution in [3.63, 3.8) is 0 Å². The summed E-state index contributed by atoms with van der Waals surface area (Å²) in [4.78, 5) is 6.32. The van der Waals surface area contributed by atoms with Crippen molar-refractivity contribution in [2.45, 2.75) is 25.0 Å². The number of nitrogens with two attached hydrogens (primary N) is 1. The summed E-state index contributed by atoms with van der Waals surface area (Å²) in [6.45, 7) is 2.47. The molecule has 2 unspecified atom stereocenters. The Morgan fingerprint density at radius 2 is 2.29 bits per heavy atom. The van der Waals surface area contributed by atoms with Gasteiger partial charge in [0.15, 0.2) is 0 Å². The Kier molecular flexibility index (Phi) is 4.48. The first-order valence-corrected chi connectivity index (χ1v) is 6.23. The van der Waals surface area contributed by atoms with E-state index in [1.54, 1.807) is 0 Å². The first-order valence-electron chi connectivity index (χ1n) is 6.23. The minimum absolute atomic E-state index is 0.252. The van der Waals surface area contributed by atoms with E-state index < -0.39 is 0 Å². The van der Waals surface area contributed by atoms with Gasteiger partial charge in [0.1, 0.15) is 0 Å². The molecule has 17 heavy (non-hydrogen) atoms. The van der Waals surface area contributed by atoms with Crippen molar-refractivity contribution in [3.05, 3.63) is 30.1 Å². The molecule has 1 aliphatic rings. The summed E-state index contributed by atoms with van der Waals surface area (Å²) in [6.07, 6.45) is 6.35. The van der Waals surface area contributed by atoms with E-state index >= 15 is 0 Å². The molecule has 1 fully saturated rings. The second-order valence-electron chi connectivity index (χ2n) is 4.61. The zero-order chi connectivity index (χ0) is 12.1. The van der Waals surface area contributed by atoms with E-state index in [0.717, 1.165) is 19.6 Å². The van der Waals surface area contributed by atoms with Gasteiger partial charge in [-0.2, -0.15) is 0 Å². The van der Waals surface area contributed by atoms with E-state index in [1.807, 2.05) is 24.5 Å². The molecule has 0 saturated carbocycles. The van der Waals surface area contributed by atoms with E-state index in [2.05, 4.69) is 16.9 Å². The zero-order valence-corrected chi connectivity index (χ0v) is 10.4. The maximum atomic E-state index is 5.88. The smallest absolute Gasteiger partial charge is 0.0702 e. The maximum Gasteiger partial charge on any atom is 0.0702 e. The van der Waals surface area contributed by atoms with E-state index in [-0.39, 0.29) is 6.04 Å². The fourth-order valence-electron chi connectivity index (χ4n) is 2.39. The number of ether oxygens (including phenoxy) is 1. The number of pyridine rings is 1. The van der Waals surface area contributed by atoms with Crippen molar-refractivity contribution < 1.29 is 4.74 Å². The molecule has 1 saturated heterocycles. The minimum atomic E-state index is 0.252. The number of nitrogens with zero attached hydrogens (tertiary/aromatic N) is 2. The molecule has 1 aromatic rings. The van der Waals surface area contributed by atoms with Gasteiger partial charge in [0.2, 0.25) is 0 Å². The SMILES string of the molecule is CN(CC1CCCO1)C(CN)c1ccncc1. The molecule has 2 N–H and O–H groups in total. The highest BCUT2D eigenvalue weighted by atomic mass is 16.5. The van der Waals surface area contributed by atoms with Gasteiger partial charge < -0.3 is 10.5 Å². The Balaban J connectivity index is 1.97. The van der Waals surface area contributed by atoms with Crippen molar-refractivity contribution in [2.75, 3.05) is 26.7 Å². The van der Waals surface area contributed by atoms with Crippen LogP contribution in [0, 0.1) is 0 Å². The van der Waals surface area contributed by atoms with Gasteiger partial charge in [-0.25, -0.2) is 0 Å². The Morgan fingerprint density at radius 3 is 2.88 bits per heavy atom. The summed E-state index contributed by atoms with van der Waals surface area (Å²) >= 11 is 0. The third-order valence-electron chi connectivity index (χ3n) is 3.36. The number of hydrogen-bond donors (Lipinski definition) is 1. The van der Waals surface area contributed by atoms with Gasteiger partial charge in [-0.1, -0.05) is 0 Å². The monoisotopic (exact) mass is 235 g/mol. The lowest BCUT2D eigenvalue weighted by molar-refractivity contribution is 0.0689. The number of rotatable bonds is 5. The second-order valence-corrected chi connectivity index (χ2v) is 4.61. The highest BCUT2D eigenvalue weighted by Gasteiger charge is 2.22. The first kappa shape index (κ1) is 12.5. The number of likely N-dealkylation sites (N-methyl/N-ethyl adjacent to an activating group) is 1. The third kappa shape index (κ3) is 3.25. The van der Waals surface area contributed by atoms with Crippen molar-refractivity contribution in [1.29, 1.82) is 0 Å². The van der Waals surface area contributed by atoms with E-state index in [4.69, 9.17) is 10.5 Å². The average molecular weight is 235 g/mol. The Labute approximate surface area is 103 Å². The molecule has 4 heteroatoms. The van der Waals surface area contributed by atoms with Crippen molar-refractivity contribution in [1.82, 2.24) is 9.88 Å². The zero-order valence-electron chi connectivity index (χ0n) is 10.4. The predicted molar refractivity (Wildman–Crippen MR) is 67.6 cm³/mol. The van der Waals surface area contributed by atoms with Gasteiger partial charge in [-0.05, 0) is 37.6 Å². The van der Waals surface area contributed by atoms with Crippen LogP contribution in [0.5, 0.6) is 0 Å². The number of hydrogen-bond acceptors (Lipinski definition) is 4. The van der Waals surface area contributed by atoms with Crippen LogP contribution in [0.25, 0.3) is 0 Å². The molecule has 94 valence electrons. The summed E-state index contributed by atoms with van der Waals surface area (Å²) in [6, 6.07) is 4.31. The van der Waals surface area contributed by atoms with Crippen LogP contribution in [0.3, 0.4) is 0 Å². The molecule has 0 spiro atoms. The normalized spacial score (nSPS) is 21.9. The highest BCUT2D eigenvalue weighted by molar-refractivity contribution is 5.15. The lowest BCUT2D eigenvalue weighted by atomic mass is 10.1. The molecule has 1 aromatic heterocycles. The summed E-state index contributed by atoms with van der Waals surface area (Å²) in [7, 11) is 2.11. The first-order chi connectivity index (χ1) is 8.31.